The maximum absolute atomic E-state index is 13.3. The van der Waals surface area contributed by atoms with Gasteiger partial charge in [0.05, 0.1) is 4.90 Å². The van der Waals surface area contributed by atoms with Gasteiger partial charge in [0.15, 0.2) is 9.84 Å². The van der Waals surface area contributed by atoms with E-state index in [1.54, 1.807) is 26.5 Å². The summed E-state index contributed by atoms with van der Waals surface area (Å²) < 4.78 is 28.3. The third-order valence-corrected chi connectivity index (χ3v) is 7.69. The van der Waals surface area contributed by atoms with E-state index in [4.69, 9.17) is 0 Å². The molecule has 0 spiro atoms. The Morgan fingerprint density at radius 2 is 1.56 bits per heavy atom. The number of aromatic nitrogens is 1. The van der Waals surface area contributed by atoms with E-state index >= 15 is 0 Å². The fraction of sp³-hybridized carbons (Fsp3) is 0.583. The Bertz CT molecular complexity index is 1060. The number of hydrogen-bond donors (Lipinski definition) is 0. The topological polar surface area (TPSA) is 79.7 Å². The van der Waals surface area contributed by atoms with E-state index in [9.17, 15) is 18.0 Å². The van der Waals surface area contributed by atoms with Crippen molar-refractivity contribution in [3.8, 4) is 0 Å². The number of hydrogen-bond acceptors (Lipinski definition) is 4. The van der Waals surface area contributed by atoms with Gasteiger partial charge < -0.3 is 14.4 Å². The van der Waals surface area contributed by atoms with Crippen LogP contribution in [0.25, 0.3) is 10.9 Å². The number of amides is 2. The van der Waals surface area contributed by atoms with Crippen molar-refractivity contribution < 1.29 is 18.0 Å². The lowest BCUT2D eigenvalue weighted by atomic mass is 10.2. The van der Waals surface area contributed by atoms with Gasteiger partial charge in [-0.15, -0.1) is 0 Å². The van der Waals surface area contributed by atoms with Gasteiger partial charge in [-0.05, 0) is 46.6 Å². The zero-order valence-electron chi connectivity index (χ0n) is 19.6. The van der Waals surface area contributed by atoms with Gasteiger partial charge in [-0.3, -0.25) is 9.59 Å². The largest absolute Gasteiger partial charge is 0.342 e. The maximum atomic E-state index is 13.3. The van der Waals surface area contributed by atoms with E-state index in [0.717, 1.165) is 25.7 Å². The molecule has 0 bridgehead atoms. The molecule has 32 heavy (non-hydrogen) atoms. The molecule has 1 aliphatic heterocycles. The van der Waals surface area contributed by atoms with Crippen molar-refractivity contribution >= 4 is 32.6 Å². The van der Waals surface area contributed by atoms with Crippen LogP contribution in [-0.2, 0) is 26.0 Å². The summed E-state index contributed by atoms with van der Waals surface area (Å²) in [5.74, 6) is -0.954. The summed E-state index contributed by atoms with van der Waals surface area (Å²) in [5, 5.41) is 0.546. The van der Waals surface area contributed by atoms with Crippen LogP contribution in [0.2, 0.25) is 0 Å². The first-order chi connectivity index (χ1) is 15.1. The number of carbonyl (C=O) groups is 2. The smallest absolute Gasteiger partial charge is 0.242 e. The molecule has 1 aromatic heterocycles. The molecule has 0 aliphatic carbocycles. The molecule has 0 N–H and O–H groups in total. The zero-order chi connectivity index (χ0) is 23.5. The first-order valence-electron chi connectivity index (χ1n) is 11.5. The van der Waals surface area contributed by atoms with Gasteiger partial charge in [0, 0.05) is 42.3 Å². The molecule has 1 aliphatic rings. The van der Waals surface area contributed by atoms with Crippen LogP contribution in [0.1, 0.15) is 53.4 Å². The first kappa shape index (κ1) is 24.3. The Balaban J connectivity index is 1.90. The van der Waals surface area contributed by atoms with Crippen LogP contribution in [0.15, 0.2) is 35.4 Å². The van der Waals surface area contributed by atoms with E-state index in [1.165, 1.54) is 6.20 Å². The summed E-state index contributed by atoms with van der Waals surface area (Å²) in [6.07, 6.45) is 5.49. The van der Waals surface area contributed by atoms with Crippen molar-refractivity contribution in [1.82, 2.24) is 14.4 Å². The van der Waals surface area contributed by atoms with Crippen LogP contribution in [-0.4, -0.2) is 65.5 Å². The minimum Gasteiger partial charge on any atom is -0.342 e. The summed E-state index contributed by atoms with van der Waals surface area (Å²) in [6, 6.07) is 7.23. The van der Waals surface area contributed by atoms with Crippen LogP contribution in [0.5, 0.6) is 0 Å². The van der Waals surface area contributed by atoms with Crippen molar-refractivity contribution in [1.29, 1.82) is 0 Å². The predicted molar refractivity (Wildman–Crippen MR) is 126 cm³/mol. The van der Waals surface area contributed by atoms with Crippen LogP contribution in [0.3, 0.4) is 0 Å². The SMILES string of the molecule is CC(C)N(C(=O)Cn1cc(S(=O)(=O)CC(=O)N2CCCCCC2)c2ccccc21)C(C)C. The van der Waals surface area contributed by atoms with E-state index in [2.05, 4.69) is 0 Å². The molecule has 8 heteroatoms. The van der Waals surface area contributed by atoms with Crippen LogP contribution >= 0.6 is 0 Å². The number of fused-ring (bicyclic) bond motifs is 1. The lowest BCUT2D eigenvalue weighted by molar-refractivity contribution is -0.135. The molecule has 0 radical (unpaired) electrons. The fourth-order valence-electron chi connectivity index (χ4n) is 4.64. The second-order valence-corrected chi connectivity index (χ2v) is 11.1. The highest BCUT2D eigenvalue weighted by Gasteiger charge is 2.28. The normalized spacial score (nSPS) is 15.4. The summed E-state index contributed by atoms with van der Waals surface area (Å²) in [5.41, 5.74) is 0.675. The number of likely N-dealkylation sites (tertiary alicyclic amines) is 1. The van der Waals surface area contributed by atoms with E-state index in [0.29, 0.717) is 24.0 Å². The minimum atomic E-state index is -3.85. The van der Waals surface area contributed by atoms with Crippen molar-refractivity contribution in [3.63, 3.8) is 0 Å². The average Bonchev–Trinajstić information content (AvgIpc) is 2.88. The van der Waals surface area contributed by atoms with Crippen LogP contribution in [0, 0.1) is 0 Å². The third kappa shape index (κ3) is 5.34. The van der Waals surface area contributed by atoms with Gasteiger partial charge in [-0.25, -0.2) is 8.42 Å². The average molecular weight is 462 g/mol. The number of nitrogens with zero attached hydrogens (tertiary/aromatic N) is 3. The van der Waals surface area contributed by atoms with Crippen LogP contribution in [0.4, 0.5) is 0 Å². The highest BCUT2D eigenvalue weighted by Crippen LogP contribution is 2.27. The fourth-order valence-corrected chi connectivity index (χ4v) is 6.10. The Kier molecular flexibility index (Phi) is 7.64. The molecule has 3 rings (SSSR count). The molecule has 176 valence electrons. The van der Waals surface area contributed by atoms with Gasteiger partial charge in [0.1, 0.15) is 12.3 Å². The maximum Gasteiger partial charge on any atom is 0.242 e. The second-order valence-electron chi connectivity index (χ2n) is 9.18. The molecule has 0 atom stereocenters. The van der Waals surface area contributed by atoms with Crippen molar-refractivity contribution in [2.75, 3.05) is 18.8 Å². The Morgan fingerprint density at radius 3 is 2.16 bits per heavy atom. The quantitative estimate of drug-likeness (QED) is 0.632. The molecule has 0 saturated carbocycles. The van der Waals surface area contributed by atoms with Crippen molar-refractivity contribution in [3.05, 3.63) is 30.5 Å². The summed E-state index contributed by atoms with van der Waals surface area (Å²) in [7, 11) is -3.85. The molecular formula is C24H35N3O4S. The van der Waals surface area contributed by atoms with E-state index in [-0.39, 0.29) is 35.3 Å². The summed E-state index contributed by atoms with van der Waals surface area (Å²) >= 11 is 0. The predicted octanol–water partition coefficient (Wildman–Crippen LogP) is 3.46. The van der Waals surface area contributed by atoms with Gasteiger partial charge in [0.25, 0.3) is 0 Å². The van der Waals surface area contributed by atoms with Crippen molar-refractivity contribution in [2.24, 2.45) is 0 Å². The monoisotopic (exact) mass is 461 g/mol. The molecule has 1 fully saturated rings. The van der Waals surface area contributed by atoms with Gasteiger partial charge in [-0.1, -0.05) is 31.0 Å². The molecule has 2 heterocycles. The molecule has 7 nitrogen and oxygen atoms in total. The zero-order valence-corrected chi connectivity index (χ0v) is 20.4. The van der Waals surface area contributed by atoms with E-state index in [1.807, 2.05) is 39.8 Å². The standard InChI is InChI=1S/C24H35N3O4S/c1-18(2)27(19(3)4)23(28)16-26-15-22(20-11-7-8-12-21(20)26)32(30,31)17-24(29)25-13-9-5-6-10-14-25/h7-8,11-12,15,18-19H,5-6,9-10,13-14,16-17H2,1-4H3. The molecule has 2 aromatic rings. The van der Waals surface area contributed by atoms with Crippen LogP contribution < -0.4 is 0 Å². The molecule has 1 aromatic carbocycles. The lowest BCUT2D eigenvalue weighted by Gasteiger charge is -2.31. The van der Waals surface area contributed by atoms with Crippen molar-refractivity contribution in [2.45, 2.75) is 76.9 Å². The Hall–Kier alpha value is -2.35. The molecular weight excluding hydrogens is 426 g/mol. The number of sulfone groups is 1. The number of para-hydroxylation sites is 1. The number of benzene rings is 1. The number of rotatable bonds is 7. The first-order valence-corrected chi connectivity index (χ1v) is 13.2. The second kappa shape index (κ2) is 10.1. The van der Waals surface area contributed by atoms with Gasteiger partial charge in [0.2, 0.25) is 11.8 Å². The summed E-state index contributed by atoms with van der Waals surface area (Å²) in [6.45, 7) is 9.15. The third-order valence-electron chi connectivity index (χ3n) is 6.07. The molecule has 1 saturated heterocycles. The van der Waals surface area contributed by atoms with E-state index < -0.39 is 15.6 Å². The molecule has 0 unspecified atom stereocenters. The Morgan fingerprint density at radius 1 is 0.969 bits per heavy atom. The lowest BCUT2D eigenvalue weighted by Crippen LogP contribution is -2.43. The van der Waals surface area contributed by atoms with Gasteiger partial charge >= 0.3 is 0 Å². The number of carbonyl (C=O) groups excluding carboxylic acids is 2. The summed E-state index contributed by atoms with van der Waals surface area (Å²) in [4.78, 5) is 29.4. The molecule has 2 amide bonds. The highest BCUT2D eigenvalue weighted by molar-refractivity contribution is 7.92. The minimum absolute atomic E-state index is 0.0405. The Labute approximate surface area is 191 Å². The highest BCUT2D eigenvalue weighted by atomic mass is 32.2. The van der Waals surface area contributed by atoms with Gasteiger partial charge in [-0.2, -0.15) is 0 Å².